The Morgan fingerprint density at radius 1 is 1.05 bits per heavy atom. The number of hydrogen-bond acceptors (Lipinski definition) is 4. The summed E-state index contributed by atoms with van der Waals surface area (Å²) in [7, 11) is 0. The van der Waals surface area contributed by atoms with E-state index >= 15 is 0 Å². The van der Waals surface area contributed by atoms with Crippen LogP contribution in [0, 0.1) is 5.92 Å². The Morgan fingerprint density at radius 2 is 1.75 bits per heavy atom. The molecule has 0 bridgehead atoms. The van der Waals surface area contributed by atoms with Crippen molar-refractivity contribution in [3.05, 3.63) is 0 Å². The van der Waals surface area contributed by atoms with Crippen LogP contribution < -0.4 is 5.32 Å². The average Bonchev–Trinajstić information content (AvgIpc) is 2.86. The molecule has 6 nitrogen and oxygen atoms in total. The molecule has 3 fully saturated rings. The number of piperidine rings is 1. The molecule has 0 spiro atoms. The summed E-state index contributed by atoms with van der Waals surface area (Å²) in [5, 5.41) is 12.4. The van der Waals surface area contributed by atoms with Gasteiger partial charge in [0.2, 0.25) is 5.91 Å². The average molecular weight is 281 g/mol. The molecule has 20 heavy (non-hydrogen) atoms. The molecule has 3 rings (SSSR count). The van der Waals surface area contributed by atoms with Crippen molar-refractivity contribution in [1.82, 2.24) is 15.1 Å². The fourth-order valence-corrected chi connectivity index (χ4v) is 3.63. The molecule has 0 aromatic rings. The van der Waals surface area contributed by atoms with Crippen molar-refractivity contribution in [3.8, 4) is 0 Å². The molecular weight excluding hydrogens is 258 g/mol. The van der Waals surface area contributed by atoms with Crippen LogP contribution in [-0.4, -0.2) is 71.6 Å². The summed E-state index contributed by atoms with van der Waals surface area (Å²) in [5.74, 6) is -0.245. The van der Waals surface area contributed by atoms with Gasteiger partial charge in [-0.05, 0) is 32.2 Å². The van der Waals surface area contributed by atoms with Crippen molar-refractivity contribution in [3.63, 3.8) is 0 Å². The highest BCUT2D eigenvalue weighted by Gasteiger charge is 2.38. The predicted octanol–water partition coefficient (Wildman–Crippen LogP) is -0.254. The minimum Gasteiger partial charge on any atom is -0.480 e. The van der Waals surface area contributed by atoms with Crippen LogP contribution in [0.5, 0.6) is 0 Å². The number of carbonyl (C=O) groups is 2. The second-order valence-corrected chi connectivity index (χ2v) is 6.15. The molecule has 3 heterocycles. The number of carboxylic acids is 1. The largest absolute Gasteiger partial charge is 0.480 e. The van der Waals surface area contributed by atoms with Crippen LogP contribution in [0.2, 0.25) is 0 Å². The van der Waals surface area contributed by atoms with Crippen LogP contribution >= 0.6 is 0 Å². The van der Waals surface area contributed by atoms with E-state index < -0.39 is 5.97 Å². The van der Waals surface area contributed by atoms with Gasteiger partial charge >= 0.3 is 5.97 Å². The second-order valence-electron chi connectivity index (χ2n) is 6.15. The lowest BCUT2D eigenvalue weighted by atomic mass is 9.97. The van der Waals surface area contributed by atoms with Crippen LogP contribution in [0.4, 0.5) is 0 Å². The lowest BCUT2D eigenvalue weighted by Crippen LogP contribution is -2.55. The molecule has 1 unspecified atom stereocenters. The highest BCUT2D eigenvalue weighted by Crippen LogP contribution is 2.26. The zero-order valence-electron chi connectivity index (χ0n) is 11.8. The van der Waals surface area contributed by atoms with Gasteiger partial charge in [-0.1, -0.05) is 0 Å². The Hall–Kier alpha value is -1.14. The maximum absolute atomic E-state index is 12.2. The molecule has 112 valence electrons. The SMILES string of the molecule is O=C(O)C1CCCN1C1CCN(C(=O)C2CNC2)CC1. The highest BCUT2D eigenvalue weighted by molar-refractivity contribution is 5.80. The number of hydrogen-bond donors (Lipinski definition) is 2. The molecule has 1 amide bonds. The van der Waals surface area contributed by atoms with Gasteiger partial charge in [0.05, 0.1) is 5.92 Å². The van der Waals surface area contributed by atoms with E-state index in [1.807, 2.05) is 4.90 Å². The first-order chi connectivity index (χ1) is 9.66. The summed E-state index contributed by atoms with van der Waals surface area (Å²) in [6.07, 6.45) is 3.57. The summed E-state index contributed by atoms with van der Waals surface area (Å²) in [5.41, 5.74) is 0. The second kappa shape index (κ2) is 5.69. The van der Waals surface area contributed by atoms with Crippen molar-refractivity contribution in [2.24, 2.45) is 5.92 Å². The fourth-order valence-electron chi connectivity index (χ4n) is 3.63. The van der Waals surface area contributed by atoms with E-state index in [0.29, 0.717) is 6.04 Å². The van der Waals surface area contributed by atoms with E-state index in [0.717, 1.165) is 58.4 Å². The summed E-state index contributed by atoms with van der Waals surface area (Å²) < 4.78 is 0. The lowest BCUT2D eigenvalue weighted by molar-refractivity contribution is -0.145. The Kier molecular flexibility index (Phi) is 3.94. The third-order valence-electron chi connectivity index (χ3n) is 4.96. The van der Waals surface area contributed by atoms with E-state index in [1.165, 1.54) is 0 Å². The van der Waals surface area contributed by atoms with Crippen molar-refractivity contribution < 1.29 is 14.7 Å². The summed E-state index contributed by atoms with van der Waals surface area (Å²) in [4.78, 5) is 27.5. The molecule has 0 aromatic heterocycles. The standard InChI is InChI=1S/C14H23N3O3/c18-13(10-8-15-9-10)16-6-3-11(4-7-16)17-5-1-2-12(17)14(19)20/h10-12,15H,1-9H2,(H,19,20). The van der Waals surface area contributed by atoms with E-state index in [2.05, 4.69) is 10.2 Å². The van der Waals surface area contributed by atoms with Gasteiger partial charge in [0.15, 0.2) is 0 Å². The smallest absolute Gasteiger partial charge is 0.320 e. The minimum atomic E-state index is -0.693. The van der Waals surface area contributed by atoms with Crippen LogP contribution in [0.1, 0.15) is 25.7 Å². The summed E-state index contributed by atoms with van der Waals surface area (Å²) >= 11 is 0. The Morgan fingerprint density at radius 3 is 2.30 bits per heavy atom. The molecule has 3 aliphatic heterocycles. The lowest BCUT2D eigenvalue weighted by Gasteiger charge is -2.40. The number of carboxylic acid groups (broad SMARTS) is 1. The van der Waals surface area contributed by atoms with Gasteiger partial charge in [-0.15, -0.1) is 0 Å². The zero-order chi connectivity index (χ0) is 14.1. The molecule has 6 heteroatoms. The third kappa shape index (κ3) is 2.54. The first kappa shape index (κ1) is 13.8. The number of nitrogens with one attached hydrogen (secondary N) is 1. The molecule has 0 radical (unpaired) electrons. The molecule has 0 aromatic carbocycles. The van der Waals surface area contributed by atoms with Gasteiger partial charge in [-0.3, -0.25) is 14.5 Å². The quantitative estimate of drug-likeness (QED) is 0.746. The van der Waals surface area contributed by atoms with Crippen LogP contribution in [-0.2, 0) is 9.59 Å². The van der Waals surface area contributed by atoms with Gasteiger partial charge in [-0.25, -0.2) is 0 Å². The molecule has 1 atom stereocenters. The number of rotatable bonds is 3. The number of amides is 1. The Labute approximate surface area is 119 Å². The maximum Gasteiger partial charge on any atom is 0.320 e. The van der Waals surface area contributed by atoms with Gasteiger partial charge in [-0.2, -0.15) is 0 Å². The molecule has 0 aliphatic carbocycles. The molecular formula is C14H23N3O3. The Balaban J connectivity index is 1.53. The number of nitrogens with zero attached hydrogens (tertiary/aromatic N) is 2. The van der Waals surface area contributed by atoms with Crippen molar-refractivity contribution in [2.45, 2.75) is 37.8 Å². The summed E-state index contributed by atoms with van der Waals surface area (Å²) in [6.45, 7) is 4.08. The van der Waals surface area contributed by atoms with Crippen molar-refractivity contribution in [1.29, 1.82) is 0 Å². The van der Waals surface area contributed by atoms with E-state index in [1.54, 1.807) is 0 Å². The third-order valence-corrected chi connectivity index (χ3v) is 4.96. The molecule has 2 N–H and O–H groups in total. The van der Waals surface area contributed by atoms with Crippen molar-refractivity contribution in [2.75, 3.05) is 32.7 Å². The fraction of sp³-hybridized carbons (Fsp3) is 0.857. The predicted molar refractivity (Wildman–Crippen MR) is 73.3 cm³/mol. The van der Waals surface area contributed by atoms with Gasteiger partial charge in [0, 0.05) is 32.2 Å². The van der Waals surface area contributed by atoms with Gasteiger partial charge < -0.3 is 15.3 Å². The van der Waals surface area contributed by atoms with Crippen LogP contribution in [0.3, 0.4) is 0 Å². The normalized spacial score (nSPS) is 29.4. The van der Waals surface area contributed by atoms with Crippen molar-refractivity contribution >= 4 is 11.9 Å². The molecule has 0 saturated carbocycles. The summed E-state index contributed by atoms with van der Waals surface area (Å²) in [6, 6.07) is 0.0280. The minimum absolute atomic E-state index is 0.171. The Bertz CT molecular complexity index is 389. The van der Waals surface area contributed by atoms with Gasteiger partial charge in [0.25, 0.3) is 0 Å². The number of likely N-dealkylation sites (tertiary alicyclic amines) is 2. The van der Waals surface area contributed by atoms with E-state index in [4.69, 9.17) is 0 Å². The van der Waals surface area contributed by atoms with Crippen LogP contribution in [0.25, 0.3) is 0 Å². The first-order valence-corrected chi connectivity index (χ1v) is 7.65. The van der Waals surface area contributed by atoms with E-state index in [9.17, 15) is 14.7 Å². The first-order valence-electron chi connectivity index (χ1n) is 7.65. The topological polar surface area (TPSA) is 72.9 Å². The van der Waals surface area contributed by atoms with E-state index in [-0.39, 0.29) is 17.9 Å². The molecule has 3 aliphatic rings. The highest BCUT2D eigenvalue weighted by atomic mass is 16.4. The molecule has 3 saturated heterocycles. The zero-order valence-corrected chi connectivity index (χ0v) is 11.8. The van der Waals surface area contributed by atoms with Gasteiger partial charge in [0.1, 0.15) is 6.04 Å². The number of aliphatic carboxylic acids is 1. The number of carbonyl (C=O) groups excluding carboxylic acids is 1. The maximum atomic E-state index is 12.2. The van der Waals surface area contributed by atoms with Crippen LogP contribution in [0.15, 0.2) is 0 Å². The monoisotopic (exact) mass is 281 g/mol.